The second-order valence-corrected chi connectivity index (χ2v) is 6.63. The van der Waals surface area contributed by atoms with Crippen molar-refractivity contribution in [3.63, 3.8) is 0 Å². The van der Waals surface area contributed by atoms with Gasteiger partial charge in [-0.3, -0.25) is 0 Å². The van der Waals surface area contributed by atoms with Crippen molar-refractivity contribution < 1.29 is 9.53 Å². The zero-order valence-corrected chi connectivity index (χ0v) is 14.9. The Morgan fingerprint density at radius 1 is 1.00 bits per heavy atom. The van der Waals surface area contributed by atoms with E-state index >= 15 is 0 Å². The van der Waals surface area contributed by atoms with Crippen LogP contribution in [0.1, 0.15) is 38.8 Å². The molecule has 0 heterocycles. The lowest BCUT2D eigenvalue weighted by atomic mass is 10.1. The fourth-order valence-corrected chi connectivity index (χ4v) is 2.19. The van der Waals surface area contributed by atoms with Crippen molar-refractivity contribution in [1.29, 1.82) is 0 Å². The van der Waals surface area contributed by atoms with Crippen LogP contribution in [-0.2, 0) is 4.74 Å². The number of amides is 1. The van der Waals surface area contributed by atoms with Crippen LogP contribution in [0.3, 0.4) is 0 Å². The molecule has 0 spiro atoms. The Bertz CT molecular complexity index is 731. The van der Waals surface area contributed by atoms with Crippen LogP contribution in [0.5, 0.6) is 0 Å². The molecular weight excluding hydrogens is 300 g/mol. The Balaban J connectivity index is 2.44. The molecule has 0 saturated carbocycles. The third-order valence-electron chi connectivity index (χ3n) is 3.35. The average molecular weight is 324 g/mol. The number of hydrogen-bond donors (Lipinski definition) is 0. The second-order valence-electron chi connectivity index (χ2n) is 6.63. The topological polar surface area (TPSA) is 41.9 Å². The van der Waals surface area contributed by atoms with Gasteiger partial charge < -0.3 is 4.74 Å². The molecule has 0 saturated heterocycles. The molecule has 0 aromatic heterocycles. The third-order valence-corrected chi connectivity index (χ3v) is 3.35. The number of nitrogens with zero attached hydrogens (tertiary/aromatic N) is 2. The van der Waals surface area contributed by atoms with Crippen molar-refractivity contribution in [2.75, 3.05) is 5.01 Å². The van der Waals surface area contributed by atoms with Crippen molar-refractivity contribution in [2.45, 2.75) is 40.2 Å². The van der Waals surface area contributed by atoms with Gasteiger partial charge in [0.15, 0.2) is 0 Å². The highest BCUT2D eigenvalue weighted by Crippen LogP contribution is 2.23. The van der Waals surface area contributed by atoms with Gasteiger partial charge in [-0.25, -0.2) is 4.79 Å². The summed E-state index contributed by atoms with van der Waals surface area (Å²) in [5.41, 5.74) is 2.77. The average Bonchev–Trinajstić information content (AvgIpc) is 2.52. The minimum Gasteiger partial charge on any atom is -0.442 e. The minimum atomic E-state index is -0.589. The van der Waals surface area contributed by atoms with Crippen LogP contribution in [-0.4, -0.2) is 17.4 Å². The number of rotatable bonds is 3. The second kappa shape index (κ2) is 7.30. The molecule has 4 nitrogen and oxygen atoms in total. The summed E-state index contributed by atoms with van der Waals surface area (Å²) in [6, 6.07) is 17.4. The number of aryl methyl sites for hydroxylation is 1. The zero-order valence-electron chi connectivity index (χ0n) is 14.9. The van der Waals surface area contributed by atoms with Crippen LogP contribution < -0.4 is 5.01 Å². The van der Waals surface area contributed by atoms with Gasteiger partial charge in [-0.2, -0.15) is 10.1 Å². The molecule has 2 aromatic carbocycles. The highest BCUT2D eigenvalue weighted by atomic mass is 16.6. The van der Waals surface area contributed by atoms with Crippen LogP contribution in [0.25, 0.3) is 0 Å². The zero-order chi connectivity index (χ0) is 17.7. The molecule has 0 atom stereocenters. The first-order valence-corrected chi connectivity index (χ1v) is 7.97. The lowest BCUT2D eigenvalue weighted by molar-refractivity contribution is 0.0581. The summed E-state index contributed by atoms with van der Waals surface area (Å²) >= 11 is 0. The molecule has 1 amide bonds. The van der Waals surface area contributed by atoms with Crippen molar-refractivity contribution in [3.05, 3.63) is 65.7 Å². The Morgan fingerprint density at radius 2 is 1.58 bits per heavy atom. The van der Waals surface area contributed by atoms with Crippen LogP contribution in [0, 0.1) is 6.92 Å². The van der Waals surface area contributed by atoms with Gasteiger partial charge >= 0.3 is 6.09 Å². The molecule has 2 aromatic rings. The quantitative estimate of drug-likeness (QED) is 0.578. The molecule has 0 aliphatic heterocycles. The van der Waals surface area contributed by atoms with E-state index in [1.54, 1.807) is 0 Å². The summed E-state index contributed by atoms with van der Waals surface area (Å²) in [7, 11) is 0. The smallest absolute Gasteiger partial charge is 0.435 e. The maximum atomic E-state index is 12.7. The molecule has 0 bridgehead atoms. The van der Waals surface area contributed by atoms with E-state index in [1.165, 1.54) is 5.01 Å². The molecule has 0 fully saturated rings. The number of carbonyl (C=O) groups is 1. The van der Waals surface area contributed by atoms with Crippen LogP contribution in [0.2, 0.25) is 0 Å². The normalized spacial score (nSPS) is 12.0. The number of carbonyl (C=O) groups excluding carboxylic acids is 1. The number of hydrogen-bond acceptors (Lipinski definition) is 3. The fraction of sp³-hybridized carbons (Fsp3) is 0.300. The largest absolute Gasteiger partial charge is 0.442 e. The standard InChI is InChI=1S/C20H24N2O2/c1-15-11-9-10-14-18(15)22(19(23)24-20(3,4)5)21-16(2)17-12-7-6-8-13-17/h6-14H,1-5H3/b21-16+. The van der Waals surface area contributed by atoms with E-state index in [9.17, 15) is 4.79 Å². The predicted octanol–water partition coefficient (Wildman–Crippen LogP) is 5.16. The molecular formula is C20H24N2O2. The van der Waals surface area contributed by atoms with E-state index in [0.29, 0.717) is 5.69 Å². The lowest BCUT2D eigenvalue weighted by Crippen LogP contribution is -2.34. The highest BCUT2D eigenvalue weighted by molar-refractivity contribution is 6.01. The Morgan fingerprint density at radius 3 is 2.17 bits per heavy atom. The first kappa shape index (κ1) is 17.7. The number of ether oxygens (including phenoxy) is 1. The molecule has 2 rings (SSSR count). The van der Waals surface area contributed by atoms with Gasteiger partial charge in [-0.1, -0.05) is 48.5 Å². The van der Waals surface area contributed by atoms with E-state index in [-0.39, 0.29) is 0 Å². The first-order valence-electron chi connectivity index (χ1n) is 7.97. The predicted molar refractivity (Wildman–Crippen MR) is 98.5 cm³/mol. The van der Waals surface area contributed by atoms with Crippen molar-refractivity contribution >= 4 is 17.5 Å². The molecule has 0 N–H and O–H groups in total. The number of hydrazone groups is 1. The van der Waals surface area contributed by atoms with Gasteiger partial charge in [0.1, 0.15) is 5.60 Å². The Labute approximate surface area is 143 Å². The summed E-state index contributed by atoms with van der Waals surface area (Å²) in [4.78, 5) is 12.7. The molecule has 126 valence electrons. The van der Waals surface area contributed by atoms with Gasteiger partial charge in [0.05, 0.1) is 11.4 Å². The van der Waals surface area contributed by atoms with Crippen molar-refractivity contribution in [1.82, 2.24) is 0 Å². The van der Waals surface area contributed by atoms with Crippen molar-refractivity contribution in [3.8, 4) is 0 Å². The molecule has 4 heteroatoms. The van der Waals surface area contributed by atoms with Crippen LogP contribution in [0.4, 0.5) is 10.5 Å². The number of anilines is 1. The van der Waals surface area contributed by atoms with E-state index < -0.39 is 11.7 Å². The first-order chi connectivity index (χ1) is 11.3. The molecule has 0 aliphatic rings. The van der Waals surface area contributed by atoms with E-state index in [4.69, 9.17) is 4.74 Å². The Hall–Kier alpha value is -2.62. The fourth-order valence-electron chi connectivity index (χ4n) is 2.19. The van der Waals surface area contributed by atoms with E-state index in [2.05, 4.69) is 5.10 Å². The van der Waals surface area contributed by atoms with E-state index in [0.717, 1.165) is 16.8 Å². The SMILES string of the molecule is C/C(=N\N(C(=O)OC(C)(C)C)c1ccccc1C)c1ccccc1. The number of benzene rings is 2. The Kier molecular flexibility index (Phi) is 5.39. The number of para-hydroxylation sites is 1. The highest BCUT2D eigenvalue weighted by Gasteiger charge is 2.24. The van der Waals surface area contributed by atoms with E-state index in [1.807, 2.05) is 89.2 Å². The van der Waals surface area contributed by atoms with Crippen LogP contribution >= 0.6 is 0 Å². The molecule has 0 unspecified atom stereocenters. The maximum Gasteiger partial charge on any atom is 0.435 e. The monoisotopic (exact) mass is 324 g/mol. The summed E-state index contributed by atoms with van der Waals surface area (Å²) in [5, 5.41) is 5.87. The molecule has 0 radical (unpaired) electrons. The molecule has 0 aliphatic carbocycles. The summed E-state index contributed by atoms with van der Waals surface area (Å²) in [6.45, 7) is 9.35. The van der Waals surface area contributed by atoms with Gasteiger partial charge in [-0.05, 0) is 51.8 Å². The summed E-state index contributed by atoms with van der Waals surface area (Å²) in [5.74, 6) is 0. The lowest BCUT2D eigenvalue weighted by Gasteiger charge is -2.25. The van der Waals surface area contributed by atoms with Crippen molar-refractivity contribution in [2.24, 2.45) is 5.10 Å². The maximum absolute atomic E-state index is 12.7. The van der Waals surface area contributed by atoms with Gasteiger partial charge in [0.2, 0.25) is 0 Å². The van der Waals surface area contributed by atoms with Gasteiger partial charge in [0, 0.05) is 0 Å². The van der Waals surface area contributed by atoms with Crippen LogP contribution in [0.15, 0.2) is 59.7 Å². The third kappa shape index (κ3) is 4.69. The summed E-state index contributed by atoms with van der Waals surface area (Å²) < 4.78 is 5.53. The molecule has 24 heavy (non-hydrogen) atoms. The minimum absolute atomic E-state index is 0.493. The van der Waals surface area contributed by atoms with Gasteiger partial charge in [0.25, 0.3) is 0 Å². The summed E-state index contributed by atoms with van der Waals surface area (Å²) in [6.07, 6.45) is -0.493. The van der Waals surface area contributed by atoms with Gasteiger partial charge in [-0.15, -0.1) is 0 Å².